The largest absolute Gasteiger partial charge is 0.356 e. The molecular weight excluding hydrogens is 358 g/mol. The van der Waals surface area contributed by atoms with Crippen molar-refractivity contribution in [2.75, 3.05) is 26.7 Å². The minimum Gasteiger partial charge on any atom is -0.356 e. The van der Waals surface area contributed by atoms with Gasteiger partial charge in [-0.1, -0.05) is 12.1 Å². The third-order valence-electron chi connectivity index (χ3n) is 4.13. The van der Waals surface area contributed by atoms with E-state index in [0.717, 1.165) is 6.42 Å². The molecule has 8 heteroatoms. The molecule has 0 aromatic heterocycles. The number of amides is 3. The van der Waals surface area contributed by atoms with Crippen LogP contribution < -0.4 is 16.0 Å². The molecule has 2 rings (SSSR count). The van der Waals surface area contributed by atoms with Crippen molar-refractivity contribution < 1.29 is 14.4 Å². The first-order valence-corrected chi connectivity index (χ1v) is 9.43. The number of guanidine groups is 1. The zero-order chi connectivity index (χ0) is 20.7. The lowest BCUT2D eigenvalue weighted by Gasteiger charge is -2.21. The molecule has 1 aromatic carbocycles. The lowest BCUT2D eigenvalue weighted by molar-refractivity contribution is -0.121. The molecule has 0 radical (unpaired) electrons. The van der Waals surface area contributed by atoms with Crippen LogP contribution in [0.5, 0.6) is 0 Å². The first-order valence-electron chi connectivity index (χ1n) is 9.43. The van der Waals surface area contributed by atoms with Gasteiger partial charge in [0.1, 0.15) is 0 Å². The molecular formula is C20H29N5O3. The summed E-state index contributed by atoms with van der Waals surface area (Å²) in [5.41, 5.74) is 0.673. The Hall–Kier alpha value is -2.90. The molecule has 28 heavy (non-hydrogen) atoms. The predicted molar refractivity (Wildman–Crippen MR) is 108 cm³/mol. The molecule has 0 saturated heterocycles. The zero-order valence-corrected chi connectivity index (χ0v) is 17.0. The third kappa shape index (κ3) is 5.80. The molecule has 0 unspecified atom stereocenters. The summed E-state index contributed by atoms with van der Waals surface area (Å²) in [6.07, 6.45) is 1.43. The van der Waals surface area contributed by atoms with Gasteiger partial charge >= 0.3 is 0 Å². The van der Waals surface area contributed by atoms with Crippen molar-refractivity contribution in [2.45, 2.75) is 39.2 Å². The Kier molecular flexibility index (Phi) is 7.14. The molecule has 0 atom stereocenters. The second-order valence-corrected chi connectivity index (χ2v) is 7.67. The van der Waals surface area contributed by atoms with Gasteiger partial charge in [-0.2, -0.15) is 0 Å². The maximum atomic E-state index is 12.3. The molecule has 0 bridgehead atoms. The van der Waals surface area contributed by atoms with E-state index in [4.69, 9.17) is 0 Å². The van der Waals surface area contributed by atoms with E-state index in [1.165, 1.54) is 4.90 Å². The summed E-state index contributed by atoms with van der Waals surface area (Å²) in [5.74, 6) is -0.0299. The number of carbonyl (C=O) groups excluding carboxylic acids is 3. The number of imide groups is 1. The van der Waals surface area contributed by atoms with Crippen molar-refractivity contribution in [3.63, 3.8) is 0 Å². The van der Waals surface area contributed by atoms with Crippen LogP contribution in [0.1, 0.15) is 54.3 Å². The standard InChI is InChI=1S/C20H29N5O3/c1-20(2,3)24-16(26)13-23-19(21-4)22-11-7-8-12-25-17(27)14-9-5-6-10-15(14)18(25)28/h5-6,9-10H,7-8,11-13H2,1-4H3,(H,24,26)(H2,21,22,23). The van der Waals surface area contributed by atoms with Crippen molar-refractivity contribution in [1.29, 1.82) is 0 Å². The quantitative estimate of drug-likeness (QED) is 0.282. The van der Waals surface area contributed by atoms with Crippen LogP contribution in [-0.4, -0.2) is 60.8 Å². The average molecular weight is 387 g/mol. The van der Waals surface area contributed by atoms with Crippen LogP contribution >= 0.6 is 0 Å². The van der Waals surface area contributed by atoms with E-state index < -0.39 is 0 Å². The molecule has 0 fully saturated rings. The van der Waals surface area contributed by atoms with E-state index in [0.29, 0.717) is 36.6 Å². The number of unbranched alkanes of at least 4 members (excludes halogenated alkanes) is 1. The first kappa shape index (κ1) is 21.4. The molecule has 1 aliphatic heterocycles. The van der Waals surface area contributed by atoms with Gasteiger partial charge in [-0.3, -0.25) is 24.3 Å². The Balaban J connectivity index is 1.68. The van der Waals surface area contributed by atoms with Gasteiger partial charge in [-0.25, -0.2) is 0 Å². The van der Waals surface area contributed by atoms with Gasteiger partial charge in [0, 0.05) is 25.7 Å². The highest BCUT2D eigenvalue weighted by atomic mass is 16.2. The normalized spacial score (nSPS) is 14.1. The smallest absolute Gasteiger partial charge is 0.261 e. The van der Waals surface area contributed by atoms with Gasteiger partial charge in [-0.05, 0) is 45.7 Å². The Bertz CT molecular complexity index is 732. The number of hydrogen-bond acceptors (Lipinski definition) is 4. The van der Waals surface area contributed by atoms with Crippen LogP contribution in [0, 0.1) is 0 Å². The Morgan fingerprint density at radius 2 is 1.64 bits per heavy atom. The van der Waals surface area contributed by atoms with Gasteiger partial charge < -0.3 is 16.0 Å². The van der Waals surface area contributed by atoms with Crippen molar-refractivity contribution >= 4 is 23.7 Å². The summed E-state index contributed by atoms with van der Waals surface area (Å²) >= 11 is 0. The second kappa shape index (κ2) is 9.34. The number of carbonyl (C=O) groups is 3. The number of rotatable bonds is 7. The average Bonchev–Trinajstić information content (AvgIpc) is 2.87. The van der Waals surface area contributed by atoms with Crippen molar-refractivity contribution in [1.82, 2.24) is 20.9 Å². The summed E-state index contributed by atoms with van der Waals surface area (Å²) < 4.78 is 0. The molecule has 1 heterocycles. The van der Waals surface area contributed by atoms with Crippen LogP contribution in [0.25, 0.3) is 0 Å². The monoisotopic (exact) mass is 387 g/mol. The third-order valence-corrected chi connectivity index (χ3v) is 4.13. The number of hydrogen-bond donors (Lipinski definition) is 3. The van der Waals surface area contributed by atoms with E-state index in [2.05, 4.69) is 20.9 Å². The van der Waals surface area contributed by atoms with Gasteiger partial charge in [0.15, 0.2) is 5.96 Å². The minimum absolute atomic E-state index is 0.110. The molecule has 1 aliphatic rings. The van der Waals surface area contributed by atoms with E-state index in [-0.39, 0.29) is 29.8 Å². The SMILES string of the molecule is CN=C(NCCCCN1C(=O)c2ccccc2C1=O)NCC(=O)NC(C)(C)C. The molecule has 3 amide bonds. The van der Waals surface area contributed by atoms with Crippen LogP contribution in [0.15, 0.2) is 29.3 Å². The van der Waals surface area contributed by atoms with Crippen molar-refractivity contribution in [3.05, 3.63) is 35.4 Å². The highest BCUT2D eigenvalue weighted by Crippen LogP contribution is 2.22. The molecule has 0 aliphatic carbocycles. The lowest BCUT2D eigenvalue weighted by atomic mass is 10.1. The number of benzene rings is 1. The van der Waals surface area contributed by atoms with Gasteiger partial charge in [0.2, 0.25) is 5.91 Å². The fourth-order valence-corrected chi connectivity index (χ4v) is 2.89. The predicted octanol–water partition coefficient (Wildman–Crippen LogP) is 1.14. The van der Waals surface area contributed by atoms with E-state index in [1.54, 1.807) is 31.3 Å². The van der Waals surface area contributed by atoms with Crippen LogP contribution in [0.3, 0.4) is 0 Å². The van der Waals surface area contributed by atoms with Crippen LogP contribution in [0.2, 0.25) is 0 Å². The van der Waals surface area contributed by atoms with E-state index in [9.17, 15) is 14.4 Å². The number of fused-ring (bicyclic) bond motifs is 1. The molecule has 1 aromatic rings. The fourth-order valence-electron chi connectivity index (χ4n) is 2.89. The van der Waals surface area contributed by atoms with Crippen molar-refractivity contribution in [3.8, 4) is 0 Å². The number of aliphatic imine (C=N–C) groups is 1. The highest BCUT2D eigenvalue weighted by molar-refractivity contribution is 6.21. The first-order chi connectivity index (χ1) is 13.2. The fraction of sp³-hybridized carbons (Fsp3) is 0.500. The summed E-state index contributed by atoms with van der Waals surface area (Å²) in [5, 5.41) is 8.95. The summed E-state index contributed by atoms with van der Waals surface area (Å²) in [6.45, 7) is 6.90. The van der Waals surface area contributed by atoms with Crippen LogP contribution in [0.4, 0.5) is 0 Å². The topological polar surface area (TPSA) is 103 Å². The molecule has 0 spiro atoms. The minimum atomic E-state index is -0.278. The lowest BCUT2D eigenvalue weighted by Crippen LogP contribution is -2.48. The van der Waals surface area contributed by atoms with E-state index in [1.807, 2.05) is 20.8 Å². The van der Waals surface area contributed by atoms with E-state index >= 15 is 0 Å². The number of nitrogens with zero attached hydrogens (tertiary/aromatic N) is 2. The molecule has 3 N–H and O–H groups in total. The molecule has 8 nitrogen and oxygen atoms in total. The Morgan fingerprint density at radius 3 is 2.18 bits per heavy atom. The number of nitrogens with one attached hydrogen (secondary N) is 3. The molecule has 0 saturated carbocycles. The Labute approximate surface area is 165 Å². The van der Waals surface area contributed by atoms with Crippen LogP contribution in [-0.2, 0) is 4.79 Å². The summed E-state index contributed by atoms with van der Waals surface area (Å²) in [7, 11) is 1.63. The summed E-state index contributed by atoms with van der Waals surface area (Å²) in [6, 6.07) is 6.89. The van der Waals surface area contributed by atoms with Gasteiger partial charge in [-0.15, -0.1) is 0 Å². The summed E-state index contributed by atoms with van der Waals surface area (Å²) in [4.78, 5) is 41.8. The molecule has 152 valence electrons. The van der Waals surface area contributed by atoms with Gasteiger partial charge in [0.25, 0.3) is 11.8 Å². The maximum Gasteiger partial charge on any atom is 0.261 e. The Morgan fingerprint density at radius 1 is 1.04 bits per heavy atom. The van der Waals surface area contributed by atoms with Gasteiger partial charge in [0.05, 0.1) is 17.7 Å². The zero-order valence-electron chi connectivity index (χ0n) is 17.0. The highest BCUT2D eigenvalue weighted by Gasteiger charge is 2.34. The maximum absolute atomic E-state index is 12.3. The van der Waals surface area contributed by atoms with Crippen molar-refractivity contribution in [2.24, 2.45) is 4.99 Å². The second-order valence-electron chi connectivity index (χ2n) is 7.67.